The van der Waals surface area contributed by atoms with Gasteiger partial charge in [0.1, 0.15) is 0 Å². The van der Waals surface area contributed by atoms with Crippen LogP contribution in [0, 0.1) is 0 Å². The van der Waals surface area contributed by atoms with Gasteiger partial charge in [0.25, 0.3) is 0 Å². The maximum Gasteiger partial charge on any atom is 0.338 e. The summed E-state index contributed by atoms with van der Waals surface area (Å²) in [4.78, 5) is 11.6. The average Bonchev–Trinajstić information content (AvgIpc) is 2.37. The van der Waals surface area contributed by atoms with Crippen LogP contribution in [0.4, 0.5) is 0 Å². The van der Waals surface area contributed by atoms with Crippen LogP contribution in [0.1, 0.15) is 22.8 Å². The predicted molar refractivity (Wildman–Crippen MR) is 59.2 cm³/mol. The summed E-state index contributed by atoms with van der Waals surface area (Å²) in [6, 6.07) is 7.04. The summed E-state index contributed by atoms with van der Waals surface area (Å²) in [5.74, 6) is -1.36. The third-order valence-corrected chi connectivity index (χ3v) is 2.60. The number of carbonyl (C=O) groups excluding carboxylic acids is 1. The standard InChI is InChI=1S/C12H16O4/c1-12(15-3,16-4)10-8-6-5-7-9(10)11(13)14-2/h5-8H,1-4H3. The quantitative estimate of drug-likeness (QED) is 0.579. The first-order valence-corrected chi connectivity index (χ1v) is 4.87. The monoisotopic (exact) mass is 224 g/mol. The van der Waals surface area contributed by atoms with Gasteiger partial charge in [-0.25, -0.2) is 4.79 Å². The molecule has 4 nitrogen and oxygen atoms in total. The van der Waals surface area contributed by atoms with Gasteiger partial charge in [-0.1, -0.05) is 18.2 Å². The number of benzene rings is 1. The molecule has 0 N–H and O–H groups in total. The summed E-state index contributed by atoms with van der Waals surface area (Å²) < 4.78 is 15.3. The summed E-state index contributed by atoms with van der Waals surface area (Å²) in [5.41, 5.74) is 1.09. The van der Waals surface area contributed by atoms with E-state index in [1.807, 2.05) is 6.07 Å². The number of hydrogen-bond donors (Lipinski definition) is 0. The van der Waals surface area contributed by atoms with Gasteiger partial charge in [0.2, 0.25) is 0 Å². The number of esters is 1. The van der Waals surface area contributed by atoms with Crippen LogP contribution < -0.4 is 0 Å². The minimum absolute atomic E-state index is 0.407. The van der Waals surface area contributed by atoms with Gasteiger partial charge < -0.3 is 14.2 Å². The van der Waals surface area contributed by atoms with Crippen molar-refractivity contribution in [2.24, 2.45) is 0 Å². The molecule has 1 rings (SSSR count). The lowest BCUT2D eigenvalue weighted by atomic mass is 10.0. The van der Waals surface area contributed by atoms with Gasteiger partial charge in [-0.05, 0) is 13.0 Å². The van der Waals surface area contributed by atoms with E-state index in [0.717, 1.165) is 0 Å². The Kier molecular flexibility index (Phi) is 4.04. The highest BCUT2D eigenvalue weighted by Crippen LogP contribution is 2.28. The summed E-state index contributed by atoms with van der Waals surface area (Å²) in [5, 5.41) is 0. The van der Waals surface area contributed by atoms with E-state index in [1.165, 1.54) is 21.3 Å². The molecule has 0 aliphatic heterocycles. The molecule has 0 aromatic heterocycles. The van der Waals surface area contributed by atoms with Crippen LogP contribution in [0.3, 0.4) is 0 Å². The van der Waals surface area contributed by atoms with Crippen LogP contribution in [0.15, 0.2) is 24.3 Å². The van der Waals surface area contributed by atoms with Gasteiger partial charge in [-0.2, -0.15) is 0 Å². The molecular weight excluding hydrogens is 208 g/mol. The van der Waals surface area contributed by atoms with Crippen molar-refractivity contribution in [1.29, 1.82) is 0 Å². The fraction of sp³-hybridized carbons (Fsp3) is 0.417. The molecule has 0 atom stereocenters. The highest BCUT2D eigenvalue weighted by atomic mass is 16.7. The molecule has 0 spiro atoms. The summed E-state index contributed by atoms with van der Waals surface area (Å²) in [6.45, 7) is 1.74. The molecule has 0 bridgehead atoms. The van der Waals surface area contributed by atoms with Crippen molar-refractivity contribution in [1.82, 2.24) is 0 Å². The van der Waals surface area contributed by atoms with Crippen molar-refractivity contribution in [3.8, 4) is 0 Å². The van der Waals surface area contributed by atoms with Gasteiger partial charge in [0, 0.05) is 19.8 Å². The first-order chi connectivity index (χ1) is 7.59. The van der Waals surface area contributed by atoms with Crippen LogP contribution in [0.2, 0.25) is 0 Å². The van der Waals surface area contributed by atoms with Crippen LogP contribution in [0.25, 0.3) is 0 Å². The molecular formula is C12H16O4. The largest absolute Gasteiger partial charge is 0.465 e. The number of rotatable bonds is 4. The Morgan fingerprint density at radius 2 is 1.69 bits per heavy atom. The maximum absolute atomic E-state index is 11.6. The summed E-state index contributed by atoms with van der Waals surface area (Å²) >= 11 is 0. The van der Waals surface area contributed by atoms with Gasteiger partial charge in [-0.15, -0.1) is 0 Å². The molecule has 0 heterocycles. The lowest BCUT2D eigenvalue weighted by Crippen LogP contribution is -2.29. The lowest BCUT2D eigenvalue weighted by molar-refractivity contribution is -0.202. The molecule has 16 heavy (non-hydrogen) atoms. The minimum atomic E-state index is -0.954. The van der Waals surface area contributed by atoms with Crippen LogP contribution >= 0.6 is 0 Å². The number of hydrogen-bond acceptors (Lipinski definition) is 4. The van der Waals surface area contributed by atoms with Gasteiger partial charge >= 0.3 is 5.97 Å². The van der Waals surface area contributed by atoms with E-state index in [-0.39, 0.29) is 0 Å². The molecule has 4 heteroatoms. The Morgan fingerprint density at radius 3 is 2.19 bits per heavy atom. The number of methoxy groups -OCH3 is 3. The van der Waals surface area contributed by atoms with Crippen LogP contribution in [0.5, 0.6) is 0 Å². The molecule has 0 aliphatic rings. The second-order valence-corrected chi connectivity index (χ2v) is 3.39. The fourth-order valence-electron chi connectivity index (χ4n) is 1.47. The van der Waals surface area contributed by atoms with E-state index in [4.69, 9.17) is 14.2 Å². The summed E-state index contributed by atoms with van der Waals surface area (Å²) in [6.07, 6.45) is 0. The van der Waals surface area contributed by atoms with Gasteiger partial charge in [0.15, 0.2) is 5.79 Å². The third-order valence-electron chi connectivity index (χ3n) is 2.60. The number of ether oxygens (including phenoxy) is 3. The smallest absolute Gasteiger partial charge is 0.338 e. The summed E-state index contributed by atoms with van der Waals surface area (Å²) in [7, 11) is 4.39. The Labute approximate surface area is 95.1 Å². The molecule has 0 saturated carbocycles. The van der Waals surface area contributed by atoms with E-state index >= 15 is 0 Å². The van der Waals surface area contributed by atoms with Crippen molar-refractivity contribution in [2.45, 2.75) is 12.7 Å². The Morgan fingerprint density at radius 1 is 1.12 bits per heavy atom. The van der Waals surface area contributed by atoms with Crippen LogP contribution in [-0.4, -0.2) is 27.3 Å². The highest BCUT2D eigenvalue weighted by molar-refractivity contribution is 5.91. The van der Waals surface area contributed by atoms with E-state index < -0.39 is 11.8 Å². The van der Waals surface area contributed by atoms with Gasteiger partial charge in [-0.3, -0.25) is 0 Å². The van der Waals surface area contributed by atoms with Crippen molar-refractivity contribution in [3.63, 3.8) is 0 Å². The Bertz CT molecular complexity index is 369. The zero-order chi connectivity index (χ0) is 12.2. The second kappa shape index (κ2) is 5.09. The molecule has 88 valence electrons. The average molecular weight is 224 g/mol. The van der Waals surface area contributed by atoms with Crippen molar-refractivity contribution in [3.05, 3.63) is 35.4 Å². The molecule has 0 radical (unpaired) electrons. The topological polar surface area (TPSA) is 44.8 Å². The van der Waals surface area contributed by atoms with E-state index in [0.29, 0.717) is 11.1 Å². The third kappa shape index (κ3) is 2.23. The Hall–Kier alpha value is -1.39. The zero-order valence-corrected chi connectivity index (χ0v) is 9.94. The highest BCUT2D eigenvalue weighted by Gasteiger charge is 2.30. The first-order valence-electron chi connectivity index (χ1n) is 4.87. The molecule has 1 aromatic rings. The Balaban J connectivity index is 3.27. The normalized spacial score (nSPS) is 11.2. The fourth-order valence-corrected chi connectivity index (χ4v) is 1.47. The van der Waals surface area contributed by atoms with Crippen molar-refractivity contribution < 1.29 is 19.0 Å². The van der Waals surface area contributed by atoms with Crippen molar-refractivity contribution >= 4 is 5.97 Å². The van der Waals surface area contributed by atoms with E-state index in [2.05, 4.69) is 0 Å². The molecule has 0 unspecified atom stereocenters. The molecule has 0 saturated heterocycles. The molecule has 0 aliphatic carbocycles. The minimum Gasteiger partial charge on any atom is -0.465 e. The van der Waals surface area contributed by atoms with Crippen LogP contribution in [-0.2, 0) is 20.0 Å². The first kappa shape index (κ1) is 12.7. The maximum atomic E-state index is 11.6. The molecule has 1 aromatic carbocycles. The molecule has 0 amide bonds. The van der Waals surface area contributed by atoms with E-state index in [9.17, 15) is 4.79 Å². The number of carbonyl (C=O) groups is 1. The lowest BCUT2D eigenvalue weighted by Gasteiger charge is -2.28. The van der Waals surface area contributed by atoms with Crippen molar-refractivity contribution in [2.75, 3.05) is 21.3 Å². The van der Waals surface area contributed by atoms with Gasteiger partial charge in [0.05, 0.1) is 12.7 Å². The second-order valence-electron chi connectivity index (χ2n) is 3.39. The zero-order valence-electron chi connectivity index (χ0n) is 9.94. The predicted octanol–water partition coefficient (Wildman–Crippen LogP) is 1.94. The van der Waals surface area contributed by atoms with E-state index in [1.54, 1.807) is 25.1 Å². The SMILES string of the molecule is COC(=O)c1ccccc1C(C)(OC)OC. The molecule has 0 fully saturated rings.